The van der Waals surface area contributed by atoms with E-state index in [1.165, 1.54) is 7.11 Å². The summed E-state index contributed by atoms with van der Waals surface area (Å²) < 4.78 is 5.48. The molecule has 5 N–H and O–H groups in total. The van der Waals surface area contributed by atoms with E-state index in [9.17, 15) is 34.8 Å². The van der Waals surface area contributed by atoms with Gasteiger partial charge in [-0.2, -0.15) is 0 Å². The number of aliphatic carboxylic acids is 1. The van der Waals surface area contributed by atoms with Gasteiger partial charge in [0.2, 0.25) is 5.91 Å². The summed E-state index contributed by atoms with van der Waals surface area (Å²) in [4.78, 5) is 37.9. The molecule has 0 radical (unpaired) electrons. The van der Waals surface area contributed by atoms with E-state index in [1.807, 2.05) is 64.2 Å². The van der Waals surface area contributed by atoms with Gasteiger partial charge in [0.15, 0.2) is 0 Å². The van der Waals surface area contributed by atoms with Crippen LogP contribution in [-0.2, 0) is 25.5 Å². The van der Waals surface area contributed by atoms with Gasteiger partial charge < -0.3 is 30.5 Å². The molecule has 52 heavy (non-hydrogen) atoms. The number of benzene rings is 1. The molecule has 1 aromatic carbocycles. The van der Waals surface area contributed by atoms with Crippen LogP contribution in [0.25, 0.3) is 0 Å². The maximum absolute atomic E-state index is 13.4. The fraction of sp³-hybridized carbons (Fsp3) is 0.512. The van der Waals surface area contributed by atoms with Gasteiger partial charge in [0.25, 0.3) is 0 Å². The summed E-state index contributed by atoms with van der Waals surface area (Å²) in [5.41, 5.74) is 3.80. The monoisotopic (exact) mass is 717 g/mol. The number of hydrogen-bond donors (Lipinski definition) is 5. The van der Waals surface area contributed by atoms with Crippen molar-refractivity contribution >= 4 is 17.7 Å². The molecule has 3 rings (SSSR count). The first-order valence-electron chi connectivity index (χ1n) is 18.4. The second kappa shape index (κ2) is 20.3. The summed E-state index contributed by atoms with van der Waals surface area (Å²) in [6.07, 6.45) is 18.3. The zero-order chi connectivity index (χ0) is 38.5. The quantitative estimate of drug-likeness (QED) is 0.0886. The van der Waals surface area contributed by atoms with E-state index in [0.29, 0.717) is 25.7 Å². The van der Waals surface area contributed by atoms with Crippen LogP contribution in [0.15, 0.2) is 95.7 Å². The lowest BCUT2D eigenvalue weighted by atomic mass is 9.61. The molecule has 10 atom stereocenters. The normalized spacial score (nSPS) is 25.8. The molecule has 0 saturated heterocycles. The third-order valence-electron chi connectivity index (χ3n) is 10.3. The molecule has 0 spiro atoms. The number of amides is 1. The first-order valence-corrected chi connectivity index (χ1v) is 18.4. The maximum Gasteiger partial charge on any atom is 0.309 e. The number of nitrogens with one attached hydrogen (secondary N) is 1. The average molecular weight is 718 g/mol. The Labute approximate surface area is 309 Å². The van der Waals surface area contributed by atoms with Crippen molar-refractivity contribution in [2.24, 2.45) is 35.5 Å². The molecule has 1 aromatic rings. The molecule has 1 saturated carbocycles. The molecule has 9 nitrogen and oxygen atoms in total. The highest BCUT2D eigenvalue weighted by Crippen LogP contribution is 2.45. The van der Waals surface area contributed by atoms with Crippen LogP contribution >= 0.6 is 0 Å². The number of aliphatic hydroxyl groups excluding tert-OH is 2. The van der Waals surface area contributed by atoms with Crippen molar-refractivity contribution in [3.05, 3.63) is 101 Å². The Bertz CT molecular complexity index is 1550. The van der Waals surface area contributed by atoms with Crippen LogP contribution in [0.2, 0.25) is 0 Å². The average Bonchev–Trinajstić information content (AvgIpc) is 3.07. The molecular weight excluding hydrogens is 658 g/mol. The van der Waals surface area contributed by atoms with Crippen LogP contribution in [0.4, 0.5) is 0 Å². The van der Waals surface area contributed by atoms with E-state index in [4.69, 9.17) is 4.74 Å². The Morgan fingerprint density at radius 1 is 1.08 bits per heavy atom. The number of aliphatic hydroxyl groups is 2. The van der Waals surface area contributed by atoms with Gasteiger partial charge in [-0.05, 0) is 95.4 Å². The Kier molecular flexibility index (Phi) is 16.5. The molecule has 0 bridgehead atoms. The van der Waals surface area contributed by atoms with Crippen LogP contribution in [0.3, 0.4) is 0 Å². The number of phenolic OH excluding ortho intramolecular Hbond substituents is 1. The summed E-state index contributed by atoms with van der Waals surface area (Å²) in [5.74, 6) is -2.25. The van der Waals surface area contributed by atoms with Crippen molar-refractivity contribution in [1.29, 1.82) is 0 Å². The predicted molar refractivity (Wildman–Crippen MR) is 204 cm³/mol. The Morgan fingerprint density at radius 2 is 1.75 bits per heavy atom. The number of Topliss-reactive ketones (excluding diaryl/α,β-unsaturated/α-hetero) is 1. The van der Waals surface area contributed by atoms with Crippen LogP contribution in [0, 0.1) is 35.5 Å². The minimum atomic E-state index is -0.931. The molecular formula is C43H59NO8. The van der Waals surface area contributed by atoms with Gasteiger partial charge in [0.1, 0.15) is 11.5 Å². The molecule has 0 aliphatic heterocycles. The number of phenols is 1. The van der Waals surface area contributed by atoms with Crippen LogP contribution in [0.1, 0.15) is 72.8 Å². The molecule has 1 amide bonds. The van der Waals surface area contributed by atoms with E-state index < -0.39 is 30.2 Å². The third kappa shape index (κ3) is 12.6. The highest BCUT2D eigenvalue weighted by atomic mass is 16.5. The smallest absolute Gasteiger partial charge is 0.309 e. The van der Waals surface area contributed by atoms with Crippen molar-refractivity contribution in [2.75, 3.05) is 7.11 Å². The Morgan fingerprint density at radius 3 is 2.40 bits per heavy atom. The molecule has 0 unspecified atom stereocenters. The third-order valence-corrected chi connectivity index (χ3v) is 10.3. The second-order valence-electron chi connectivity index (χ2n) is 14.8. The van der Waals surface area contributed by atoms with Crippen molar-refractivity contribution < 1.29 is 39.5 Å². The predicted octanol–water partition coefficient (Wildman–Crippen LogP) is 6.66. The summed E-state index contributed by atoms with van der Waals surface area (Å²) >= 11 is 0. The summed E-state index contributed by atoms with van der Waals surface area (Å²) in [6, 6.07) is 6.55. The van der Waals surface area contributed by atoms with E-state index >= 15 is 0 Å². The molecule has 9 heteroatoms. The SMILES string of the molecule is CO[C@H](/C(C)=C/C=C\[C@@H]1C(C)=C[C@@H]2C[C@H](O)CC(=O)[C@@H]2[C@H]1/C=C(C)/C=C/[C@@H](C)NC(=O)[C@H](C)C/C=C/C[C@@H](O)Cc1ccc(O)cc1)[C@@H](C)C(=O)O. The number of carbonyl (C=O) groups is 3. The summed E-state index contributed by atoms with van der Waals surface area (Å²) in [7, 11) is 1.50. The van der Waals surface area contributed by atoms with Gasteiger partial charge in [-0.1, -0.05) is 84.9 Å². The van der Waals surface area contributed by atoms with Gasteiger partial charge in [0, 0.05) is 37.3 Å². The van der Waals surface area contributed by atoms with E-state index in [1.54, 1.807) is 31.2 Å². The minimum absolute atomic E-state index is 0.0539. The number of carboxylic acids is 1. The molecule has 0 heterocycles. The minimum Gasteiger partial charge on any atom is -0.508 e. The van der Waals surface area contributed by atoms with E-state index in [-0.39, 0.29) is 59.5 Å². The van der Waals surface area contributed by atoms with Crippen LogP contribution in [-0.4, -0.2) is 69.5 Å². The zero-order valence-electron chi connectivity index (χ0n) is 31.7. The lowest BCUT2D eigenvalue weighted by molar-refractivity contribution is -0.144. The van der Waals surface area contributed by atoms with E-state index in [0.717, 1.165) is 22.3 Å². The first kappa shape index (κ1) is 42.4. The van der Waals surface area contributed by atoms with Crippen molar-refractivity contribution in [2.45, 2.75) is 98.0 Å². The molecule has 284 valence electrons. The topological polar surface area (TPSA) is 153 Å². The number of allylic oxidation sites excluding steroid dienone is 9. The largest absolute Gasteiger partial charge is 0.508 e. The lowest BCUT2D eigenvalue weighted by Crippen LogP contribution is -2.43. The highest BCUT2D eigenvalue weighted by molar-refractivity contribution is 5.84. The fourth-order valence-electron chi connectivity index (χ4n) is 7.34. The number of carbonyl (C=O) groups excluding carboxylic acids is 2. The van der Waals surface area contributed by atoms with Gasteiger partial charge in [-0.25, -0.2) is 0 Å². The summed E-state index contributed by atoms with van der Waals surface area (Å²) in [5, 5.41) is 42.7. The standard InChI is InChI=1S/C43H59NO8/c1-26(15-16-30(5)44-42(49)28(3)11-8-9-13-35(46)23-32-17-19-34(45)20-18-32)21-38-37(14-10-12-27(2)41(52-7)31(6)43(50)51)29(4)22-33-24-36(47)25-39(48)40(33)38/h8-10,12,14-22,28,30-31,33,35-38,40-41,45-47H,11,13,23-25H2,1-7H3,(H,44,49)(H,50,51)/b9-8+,14-10-,16-15+,26-21+,27-12+/t28-,30-,31-,33-,35-,36+,37-,38+,40+,41-/m1/s1. The van der Waals surface area contributed by atoms with Crippen molar-refractivity contribution in [1.82, 2.24) is 5.32 Å². The highest BCUT2D eigenvalue weighted by Gasteiger charge is 2.44. The maximum atomic E-state index is 13.4. The Balaban J connectivity index is 1.66. The van der Waals surface area contributed by atoms with Crippen molar-refractivity contribution in [3.8, 4) is 5.75 Å². The van der Waals surface area contributed by atoms with Gasteiger partial charge in [-0.15, -0.1) is 0 Å². The number of aromatic hydroxyl groups is 1. The molecule has 1 fully saturated rings. The number of ether oxygens (including phenoxy) is 1. The number of ketones is 1. The number of carboxylic acid groups (broad SMARTS) is 1. The first-order chi connectivity index (χ1) is 24.6. The Hall–Kier alpha value is -4.05. The zero-order valence-corrected chi connectivity index (χ0v) is 31.7. The second-order valence-corrected chi connectivity index (χ2v) is 14.8. The molecule has 2 aliphatic carbocycles. The lowest BCUT2D eigenvalue weighted by Gasteiger charge is -2.43. The molecule has 2 aliphatic rings. The van der Waals surface area contributed by atoms with Crippen LogP contribution < -0.4 is 5.32 Å². The van der Waals surface area contributed by atoms with E-state index in [2.05, 4.69) is 30.5 Å². The number of fused-ring (bicyclic) bond motifs is 1. The summed E-state index contributed by atoms with van der Waals surface area (Å²) in [6.45, 7) is 11.3. The van der Waals surface area contributed by atoms with Gasteiger partial charge in [-0.3, -0.25) is 14.4 Å². The number of hydrogen-bond acceptors (Lipinski definition) is 7. The number of rotatable bonds is 17. The van der Waals surface area contributed by atoms with Crippen molar-refractivity contribution in [3.63, 3.8) is 0 Å². The number of methoxy groups -OCH3 is 1. The fourth-order valence-corrected chi connectivity index (χ4v) is 7.34. The van der Waals surface area contributed by atoms with Gasteiger partial charge in [0.05, 0.1) is 24.2 Å². The molecule has 0 aromatic heterocycles. The van der Waals surface area contributed by atoms with Crippen LogP contribution in [0.5, 0.6) is 5.75 Å². The van der Waals surface area contributed by atoms with Gasteiger partial charge >= 0.3 is 5.97 Å².